The Morgan fingerprint density at radius 3 is 2.71 bits per heavy atom. The van der Waals surface area contributed by atoms with Crippen molar-refractivity contribution >= 4 is 23.2 Å². The van der Waals surface area contributed by atoms with Crippen LogP contribution >= 0.6 is 11.6 Å². The van der Waals surface area contributed by atoms with E-state index in [2.05, 4.69) is 15.3 Å². The van der Waals surface area contributed by atoms with E-state index in [0.717, 1.165) is 22.7 Å². The van der Waals surface area contributed by atoms with E-state index in [-0.39, 0.29) is 5.91 Å². The van der Waals surface area contributed by atoms with E-state index in [1.165, 1.54) is 0 Å². The number of carbonyl (C=O) groups is 1. The quantitative estimate of drug-likeness (QED) is 0.369. The molecule has 5 rings (SSSR count). The van der Waals surface area contributed by atoms with E-state index in [1.807, 2.05) is 71.0 Å². The molecule has 7 nitrogen and oxygen atoms in total. The molecule has 0 saturated carbocycles. The number of amides is 1. The second-order valence-electron chi connectivity index (χ2n) is 7.87. The SMILES string of the molecule is Cn1ccnc1[C@@H](NC(=O)c1cccc(OCc2cn3ccccc3n2)c1)c1ccc(Cl)cc1. The molecule has 0 fully saturated rings. The molecule has 3 heterocycles. The van der Waals surface area contributed by atoms with Gasteiger partial charge in [0, 0.05) is 42.4 Å². The van der Waals surface area contributed by atoms with Gasteiger partial charge in [-0.25, -0.2) is 9.97 Å². The summed E-state index contributed by atoms with van der Waals surface area (Å²) in [5.74, 6) is 1.07. The number of nitrogens with zero attached hydrogens (tertiary/aromatic N) is 4. The molecule has 5 aromatic rings. The summed E-state index contributed by atoms with van der Waals surface area (Å²) < 4.78 is 9.74. The monoisotopic (exact) mass is 471 g/mol. The molecule has 0 radical (unpaired) electrons. The van der Waals surface area contributed by atoms with Gasteiger partial charge < -0.3 is 19.0 Å². The first kappa shape index (κ1) is 21.7. The molecular formula is C26H22ClN5O2. The zero-order valence-electron chi connectivity index (χ0n) is 18.4. The van der Waals surface area contributed by atoms with E-state index >= 15 is 0 Å². The molecule has 1 amide bonds. The first-order valence-electron chi connectivity index (χ1n) is 10.8. The predicted octanol–water partition coefficient (Wildman–Crippen LogP) is 4.82. The van der Waals surface area contributed by atoms with Gasteiger partial charge in [-0.1, -0.05) is 35.9 Å². The Kier molecular flexibility index (Phi) is 6.01. The van der Waals surface area contributed by atoms with Crippen LogP contribution in [0, 0.1) is 0 Å². The van der Waals surface area contributed by atoms with Crippen LogP contribution in [0.25, 0.3) is 5.65 Å². The van der Waals surface area contributed by atoms with E-state index in [4.69, 9.17) is 16.3 Å². The fourth-order valence-corrected chi connectivity index (χ4v) is 3.89. The van der Waals surface area contributed by atoms with Crippen LogP contribution < -0.4 is 10.1 Å². The van der Waals surface area contributed by atoms with Crippen molar-refractivity contribution in [3.05, 3.63) is 119 Å². The van der Waals surface area contributed by atoms with E-state index < -0.39 is 6.04 Å². The maximum absolute atomic E-state index is 13.2. The van der Waals surface area contributed by atoms with Gasteiger partial charge in [0.25, 0.3) is 5.91 Å². The van der Waals surface area contributed by atoms with E-state index in [9.17, 15) is 4.79 Å². The third-order valence-corrected chi connectivity index (χ3v) is 5.74. The van der Waals surface area contributed by atoms with Crippen LogP contribution in [0.15, 0.2) is 91.5 Å². The Balaban J connectivity index is 1.33. The van der Waals surface area contributed by atoms with E-state index in [1.54, 1.807) is 36.5 Å². The second kappa shape index (κ2) is 9.41. The van der Waals surface area contributed by atoms with Gasteiger partial charge in [0.1, 0.15) is 29.9 Å². The minimum absolute atomic E-state index is 0.235. The Morgan fingerprint density at radius 2 is 1.94 bits per heavy atom. The third-order valence-electron chi connectivity index (χ3n) is 5.49. The number of pyridine rings is 1. The molecule has 8 heteroatoms. The maximum atomic E-state index is 13.2. The highest BCUT2D eigenvalue weighted by molar-refractivity contribution is 6.30. The number of ether oxygens (including phenoxy) is 1. The highest BCUT2D eigenvalue weighted by Crippen LogP contribution is 2.23. The summed E-state index contributed by atoms with van der Waals surface area (Å²) in [7, 11) is 1.89. The van der Waals surface area contributed by atoms with Crippen LogP contribution in [-0.4, -0.2) is 24.8 Å². The number of hydrogen-bond donors (Lipinski definition) is 1. The summed E-state index contributed by atoms with van der Waals surface area (Å²) in [5, 5.41) is 3.72. The lowest BCUT2D eigenvalue weighted by atomic mass is 10.1. The smallest absolute Gasteiger partial charge is 0.252 e. The molecule has 0 bridgehead atoms. The Hall–Kier alpha value is -4.10. The topological polar surface area (TPSA) is 73.5 Å². The lowest BCUT2D eigenvalue weighted by Crippen LogP contribution is -2.31. The third kappa shape index (κ3) is 4.65. The van der Waals surface area contributed by atoms with Crippen molar-refractivity contribution in [3.8, 4) is 5.75 Å². The number of aryl methyl sites for hydroxylation is 1. The number of fused-ring (bicyclic) bond motifs is 1. The average Bonchev–Trinajstić information content (AvgIpc) is 3.47. The first-order chi connectivity index (χ1) is 16.6. The van der Waals surface area contributed by atoms with Gasteiger partial charge in [0.2, 0.25) is 0 Å². The summed E-state index contributed by atoms with van der Waals surface area (Å²) >= 11 is 6.06. The lowest BCUT2D eigenvalue weighted by Gasteiger charge is -2.19. The van der Waals surface area contributed by atoms with Crippen LogP contribution in [0.4, 0.5) is 0 Å². The molecule has 0 spiro atoms. The molecule has 34 heavy (non-hydrogen) atoms. The van der Waals surface area contributed by atoms with Crippen LogP contribution in [-0.2, 0) is 13.7 Å². The summed E-state index contributed by atoms with van der Waals surface area (Å²) in [6.07, 6.45) is 7.42. The van der Waals surface area contributed by atoms with Crippen LogP contribution in [0.2, 0.25) is 5.02 Å². The van der Waals surface area contributed by atoms with Crippen LogP contribution in [0.3, 0.4) is 0 Å². The van der Waals surface area contributed by atoms with Gasteiger partial charge in [-0.05, 0) is 48.0 Å². The van der Waals surface area contributed by atoms with Crippen LogP contribution in [0.5, 0.6) is 5.75 Å². The Morgan fingerprint density at radius 1 is 1.09 bits per heavy atom. The summed E-state index contributed by atoms with van der Waals surface area (Å²) in [4.78, 5) is 22.2. The number of imidazole rings is 2. The average molecular weight is 472 g/mol. The molecule has 1 N–H and O–H groups in total. The van der Waals surface area contributed by atoms with Crippen molar-refractivity contribution in [1.82, 2.24) is 24.3 Å². The fourth-order valence-electron chi connectivity index (χ4n) is 3.76. The van der Waals surface area contributed by atoms with Crippen molar-refractivity contribution in [2.24, 2.45) is 7.05 Å². The Labute approximate surface area is 201 Å². The number of carbonyl (C=O) groups excluding carboxylic acids is 1. The zero-order chi connectivity index (χ0) is 23.5. The summed E-state index contributed by atoms with van der Waals surface area (Å²) in [6, 6.07) is 19.9. The molecule has 0 saturated heterocycles. The van der Waals surface area contributed by atoms with Crippen LogP contribution in [0.1, 0.15) is 33.5 Å². The molecule has 1 atom stereocenters. The zero-order valence-corrected chi connectivity index (χ0v) is 19.2. The number of halogens is 1. The van der Waals surface area contributed by atoms with Gasteiger partial charge in [-0.15, -0.1) is 0 Å². The molecule has 0 aliphatic heterocycles. The van der Waals surface area contributed by atoms with Gasteiger partial charge >= 0.3 is 0 Å². The Bertz CT molecular complexity index is 1410. The predicted molar refractivity (Wildman–Crippen MR) is 130 cm³/mol. The standard InChI is InChI=1S/C26H22ClN5O2/c1-31-14-12-28-25(31)24(18-8-10-20(27)11-9-18)30-26(33)19-5-4-6-22(15-19)34-17-21-16-32-13-3-2-7-23(32)29-21/h2-16,24H,17H2,1H3,(H,30,33)/t24-/m0/s1. The molecular weight excluding hydrogens is 450 g/mol. The number of aromatic nitrogens is 4. The maximum Gasteiger partial charge on any atom is 0.252 e. The minimum atomic E-state index is -0.438. The molecule has 0 unspecified atom stereocenters. The van der Waals surface area contributed by atoms with Gasteiger partial charge in [-0.2, -0.15) is 0 Å². The van der Waals surface area contributed by atoms with E-state index in [0.29, 0.717) is 22.9 Å². The molecule has 0 aliphatic carbocycles. The van der Waals surface area contributed by atoms with Crippen molar-refractivity contribution in [2.45, 2.75) is 12.6 Å². The molecule has 170 valence electrons. The second-order valence-corrected chi connectivity index (χ2v) is 8.31. The van der Waals surface area contributed by atoms with Crippen molar-refractivity contribution in [2.75, 3.05) is 0 Å². The summed E-state index contributed by atoms with van der Waals surface area (Å²) in [6.45, 7) is 0.299. The number of hydrogen-bond acceptors (Lipinski definition) is 4. The fraction of sp³-hybridized carbons (Fsp3) is 0.115. The van der Waals surface area contributed by atoms with Gasteiger partial charge in [0.05, 0.1) is 5.69 Å². The lowest BCUT2D eigenvalue weighted by molar-refractivity contribution is 0.0940. The number of benzene rings is 2. The number of rotatable bonds is 7. The molecule has 2 aromatic carbocycles. The summed E-state index contributed by atoms with van der Waals surface area (Å²) in [5.41, 5.74) is 3.03. The molecule has 0 aliphatic rings. The minimum Gasteiger partial charge on any atom is -0.487 e. The first-order valence-corrected chi connectivity index (χ1v) is 11.1. The van der Waals surface area contributed by atoms with Crippen molar-refractivity contribution < 1.29 is 9.53 Å². The van der Waals surface area contributed by atoms with Crippen molar-refractivity contribution in [1.29, 1.82) is 0 Å². The van der Waals surface area contributed by atoms with Crippen molar-refractivity contribution in [3.63, 3.8) is 0 Å². The highest BCUT2D eigenvalue weighted by Gasteiger charge is 2.21. The van der Waals surface area contributed by atoms with Gasteiger partial charge in [0.15, 0.2) is 0 Å². The largest absolute Gasteiger partial charge is 0.487 e. The normalized spacial score (nSPS) is 11.9. The van der Waals surface area contributed by atoms with Gasteiger partial charge in [-0.3, -0.25) is 4.79 Å². The highest BCUT2D eigenvalue weighted by atomic mass is 35.5. The molecule has 3 aromatic heterocycles. The number of nitrogens with one attached hydrogen (secondary N) is 1.